The summed E-state index contributed by atoms with van der Waals surface area (Å²) in [5.41, 5.74) is 2.62. The number of nitrogens with one attached hydrogen (secondary N) is 1. The quantitative estimate of drug-likeness (QED) is 0.658. The van der Waals surface area contributed by atoms with Crippen molar-refractivity contribution in [3.63, 3.8) is 0 Å². The molecule has 0 aromatic heterocycles. The first-order valence-electron chi connectivity index (χ1n) is 9.30. The monoisotopic (exact) mass is 323 g/mol. The Morgan fingerprint density at radius 2 is 1.30 bits per heavy atom. The largest absolute Gasteiger partial charge is 0.332 e. The van der Waals surface area contributed by atoms with Crippen LogP contribution in [-0.4, -0.2) is 5.91 Å². The van der Waals surface area contributed by atoms with Gasteiger partial charge in [-0.15, -0.1) is 0 Å². The van der Waals surface area contributed by atoms with Crippen LogP contribution in [0.15, 0.2) is 23.4 Å². The zero-order valence-electron chi connectivity index (χ0n) is 17.4. The second-order valence-electron chi connectivity index (χ2n) is 7.52. The average molecular weight is 324 g/mol. The summed E-state index contributed by atoms with van der Waals surface area (Å²) in [5, 5.41) is 2.88. The molecule has 1 heterocycles. The first kappa shape index (κ1) is 24.2. The molecule has 2 nitrogen and oxygen atoms in total. The van der Waals surface area contributed by atoms with Gasteiger partial charge in [-0.3, -0.25) is 4.79 Å². The van der Waals surface area contributed by atoms with Crippen molar-refractivity contribution in [3.05, 3.63) is 23.4 Å². The molecule has 1 N–H and O–H groups in total. The molecule has 23 heavy (non-hydrogen) atoms. The van der Waals surface area contributed by atoms with Gasteiger partial charge in [0.2, 0.25) is 5.91 Å². The van der Waals surface area contributed by atoms with Crippen LogP contribution in [0.2, 0.25) is 0 Å². The maximum absolute atomic E-state index is 12.1. The Labute approximate surface area is 145 Å². The predicted octanol–water partition coefficient (Wildman–Crippen LogP) is 6.20. The van der Waals surface area contributed by atoms with Crippen LogP contribution < -0.4 is 5.32 Å². The lowest BCUT2D eigenvalue weighted by molar-refractivity contribution is -0.124. The van der Waals surface area contributed by atoms with Crippen molar-refractivity contribution in [2.45, 2.75) is 76.2 Å². The minimum Gasteiger partial charge on any atom is -0.332 e. The number of allylic oxidation sites excluding steroid dienone is 2. The maximum atomic E-state index is 12.1. The van der Waals surface area contributed by atoms with Crippen LogP contribution in [0.4, 0.5) is 0 Å². The van der Waals surface area contributed by atoms with Gasteiger partial charge < -0.3 is 5.32 Å². The Morgan fingerprint density at radius 1 is 0.870 bits per heavy atom. The van der Waals surface area contributed by atoms with E-state index in [4.69, 9.17) is 0 Å². The SMILES string of the molecule is CC.CC(C)C.CC(C)C1=C(C(C)C)C(C(C)C)C(=O)NC=C1. The van der Waals surface area contributed by atoms with E-state index in [0.29, 0.717) is 17.8 Å². The highest BCUT2D eigenvalue weighted by molar-refractivity contribution is 5.84. The minimum atomic E-state index is 0.00222. The Morgan fingerprint density at radius 3 is 1.61 bits per heavy atom. The molecule has 1 rings (SSSR count). The molecule has 0 saturated heterocycles. The second-order valence-corrected chi connectivity index (χ2v) is 7.52. The molecule has 2 heteroatoms. The van der Waals surface area contributed by atoms with Gasteiger partial charge >= 0.3 is 0 Å². The summed E-state index contributed by atoms with van der Waals surface area (Å²) in [6, 6.07) is 0. The Hall–Kier alpha value is -1.05. The van der Waals surface area contributed by atoms with E-state index in [0.717, 1.165) is 5.92 Å². The molecule has 0 saturated carbocycles. The van der Waals surface area contributed by atoms with E-state index in [1.807, 2.05) is 13.8 Å². The number of rotatable bonds is 3. The normalized spacial score (nSPS) is 17.7. The molecular weight excluding hydrogens is 282 g/mol. The van der Waals surface area contributed by atoms with E-state index in [9.17, 15) is 4.79 Å². The summed E-state index contributed by atoms with van der Waals surface area (Å²) < 4.78 is 0. The molecule has 0 radical (unpaired) electrons. The van der Waals surface area contributed by atoms with Gasteiger partial charge in [0, 0.05) is 6.20 Å². The molecule has 0 bridgehead atoms. The van der Waals surface area contributed by atoms with Crippen LogP contribution in [0.3, 0.4) is 0 Å². The van der Waals surface area contributed by atoms with Gasteiger partial charge in [0.15, 0.2) is 0 Å². The number of hydrogen-bond acceptors (Lipinski definition) is 1. The molecule has 0 fully saturated rings. The lowest BCUT2D eigenvalue weighted by atomic mass is 9.77. The van der Waals surface area contributed by atoms with E-state index >= 15 is 0 Å². The van der Waals surface area contributed by atoms with E-state index < -0.39 is 0 Å². The highest BCUT2D eigenvalue weighted by Gasteiger charge is 2.31. The lowest BCUT2D eigenvalue weighted by Gasteiger charge is -2.27. The standard InChI is InChI=1S/C15H25NO.C4H10.C2H6/c1-9(2)12-7-8-16-15(17)14(11(5)6)13(12)10(3)4;1-4(2)3;1-2/h7-11,14H,1-6H3,(H,16,17);4H,1-3H3;1-2H3. The third-order valence-electron chi connectivity index (χ3n) is 3.35. The van der Waals surface area contributed by atoms with Gasteiger partial charge in [-0.1, -0.05) is 81.7 Å². The van der Waals surface area contributed by atoms with Gasteiger partial charge in [-0.2, -0.15) is 0 Å². The van der Waals surface area contributed by atoms with Crippen LogP contribution in [0.25, 0.3) is 0 Å². The summed E-state index contributed by atoms with van der Waals surface area (Å²) >= 11 is 0. The summed E-state index contributed by atoms with van der Waals surface area (Å²) in [5.74, 6) is 2.17. The zero-order valence-corrected chi connectivity index (χ0v) is 17.4. The molecule has 1 aliphatic rings. The highest BCUT2D eigenvalue weighted by Crippen LogP contribution is 2.34. The van der Waals surface area contributed by atoms with E-state index in [2.05, 4.69) is 73.7 Å². The van der Waals surface area contributed by atoms with Crippen LogP contribution in [0.5, 0.6) is 0 Å². The predicted molar refractivity (Wildman–Crippen MR) is 104 cm³/mol. The van der Waals surface area contributed by atoms with Crippen LogP contribution in [0, 0.1) is 29.6 Å². The molecule has 1 aliphatic heterocycles. The maximum Gasteiger partial charge on any atom is 0.231 e. The summed E-state index contributed by atoms with van der Waals surface area (Å²) in [7, 11) is 0. The molecule has 0 aliphatic carbocycles. The number of hydrogen-bond donors (Lipinski definition) is 1. The van der Waals surface area contributed by atoms with Crippen molar-refractivity contribution in [2.75, 3.05) is 0 Å². The van der Waals surface area contributed by atoms with Gasteiger partial charge in [-0.25, -0.2) is 0 Å². The fourth-order valence-electron chi connectivity index (χ4n) is 2.60. The van der Waals surface area contributed by atoms with E-state index in [1.165, 1.54) is 11.1 Å². The van der Waals surface area contributed by atoms with Crippen LogP contribution >= 0.6 is 0 Å². The molecule has 1 unspecified atom stereocenters. The van der Waals surface area contributed by atoms with E-state index in [1.54, 1.807) is 6.20 Å². The highest BCUT2D eigenvalue weighted by atomic mass is 16.1. The summed E-state index contributed by atoms with van der Waals surface area (Å²) in [4.78, 5) is 12.1. The molecular formula is C21H41NO. The van der Waals surface area contributed by atoms with Crippen molar-refractivity contribution in [2.24, 2.45) is 29.6 Å². The minimum absolute atomic E-state index is 0.00222. The third kappa shape index (κ3) is 8.98. The van der Waals surface area contributed by atoms with Crippen LogP contribution in [-0.2, 0) is 4.79 Å². The molecule has 1 atom stereocenters. The van der Waals surface area contributed by atoms with Crippen molar-refractivity contribution in [1.82, 2.24) is 5.32 Å². The lowest BCUT2D eigenvalue weighted by Crippen LogP contribution is -2.32. The van der Waals surface area contributed by atoms with Gasteiger partial charge in [0.1, 0.15) is 0 Å². The Bertz CT molecular complexity index is 384. The molecule has 136 valence electrons. The first-order chi connectivity index (χ1) is 10.6. The fraction of sp³-hybridized carbons (Fsp3) is 0.762. The van der Waals surface area contributed by atoms with Gasteiger partial charge in [-0.05, 0) is 35.3 Å². The van der Waals surface area contributed by atoms with Crippen molar-refractivity contribution < 1.29 is 4.79 Å². The number of amides is 1. The summed E-state index contributed by atoms with van der Waals surface area (Å²) in [6.45, 7) is 23.5. The molecule has 1 amide bonds. The molecule has 0 aromatic rings. The van der Waals surface area contributed by atoms with Crippen molar-refractivity contribution in [3.8, 4) is 0 Å². The Kier molecular flexibility index (Phi) is 13.0. The van der Waals surface area contributed by atoms with Crippen LogP contribution in [0.1, 0.15) is 76.2 Å². The van der Waals surface area contributed by atoms with Gasteiger partial charge in [0.05, 0.1) is 5.92 Å². The van der Waals surface area contributed by atoms with E-state index in [-0.39, 0.29) is 11.8 Å². The Balaban J connectivity index is 0. The smallest absolute Gasteiger partial charge is 0.231 e. The summed E-state index contributed by atoms with van der Waals surface area (Å²) in [6.07, 6.45) is 3.86. The second kappa shape index (κ2) is 12.4. The average Bonchev–Trinajstić information content (AvgIpc) is 2.59. The third-order valence-corrected chi connectivity index (χ3v) is 3.35. The van der Waals surface area contributed by atoms with Crippen molar-refractivity contribution >= 4 is 5.91 Å². The number of carbonyl (C=O) groups is 1. The molecule has 0 spiro atoms. The first-order valence-corrected chi connectivity index (χ1v) is 9.30. The topological polar surface area (TPSA) is 29.1 Å². The van der Waals surface area contributed by atoms with Crippen molar-refractivity contribution in [1.29, 1.82) is 0 Å². The number of carbonyl (C=O) groups excluding carboxylic acids is 1. The molecule has 0 aromatic carbocycles. The fourth-order valence-corrected chi connectivity index (χ4v) is 2.60. The van der Waals surface area contributed by atoms with Gasteiger partial charge in [0.25, 0.3) is 0 Å². The zero-order chi connectivity index (χ0) is 18.7.